The van der Waals surface area contributed by atoms with Crippen LogP contribution in [0.2, 0.25) is 0 Å². The zero-order valence-electron chi connectivity index (χ0n) is 54.2. The van der Waals surface area contributed by atoms with Crippen LogP contribution in [0.4, 0.5) is 0 Å². The molecule has 0 aromatic carbocycles. The van der Waals surface area contributed by atoms with Crippen molar-refractivity contribution in [3.8, 4) is 0 Å². The molecule has 0 spiro atoms. The summed E-state index contributed by atoms with van der Waals surface area (Å²) in [5.41, 5.74) is 0. The van der Waals surface area contributed by atoms with E-state index in [-0.39, 0.29) is 31.1 Å². The van der Waals surface area contributed by atoms with Crippen LogP contribution in [0.5, 0.6) is 0 Å². The monoisotopic (exact) mass is 1150 g/mol. The summed E-state index contributed by atoms with van der Waals surface area (Å²) in [6, 6.07) is 0. The third-order valence-corrected chi connectivity index (χ3v) is 14.7. The Balaban J connectivity index is 4.24. The lowest BCUT2D eigenvalue weighted by molar-refractivity contribution is -0.167. The summed E-state index contributed by atoms with van der Waals surface area (Å²) < 4.78 is 16.9. The Morgan fingerprint density at radius 1 is 0.253 bits per heavy atom. The van der Waals surface area contributed by atoms with E-state index in [1.165, 1.54) is 135 Å². The fourth-order valence-corrected chi connectivity index (χ4v) is 9.53. The first-order valence-electron chi connectivity index (χ1n) is 34.7. The van der Waals surface area contributed by atoms with Gasteiger partial charge in [0.25, 0.3) is 0 Å². The number of unbranched alkanes of at least 4 members (excludes halogenated alkanes) is 29. The van der Waals surface area contributed by atoms with Crippen LogP contribution < -0.4 is 0 Å². The lowest BCUT2D eigenvalue weighted by atomic mass is 10.0. The molecule has 1 unspecified atom stereocenters. The number of esters is 3. The van der Waals surface area contributed by atoms with Crippen molar-refractivity contribution in [3.05, 3.63) is 134 Å². The van der Waals surface area contributed by atoms with Crippen LogP contribution in [0.25, 0.3) is 0 Å². The molecular weight excluding hydrogens is 1020 g/mol. The van der Waals surface area contributed by atoms with E-state index >= 15 is 0 Å². The Kier molecular flexibility index (Phi) is 66.3. The molecule has 0 amide bonds. The molecule has 0 radical (unpaired) electrons. The summed E-state index contributed by atoms with van der Waals surface area (Å²) in [6.45, 7) is 6.41. The predicted octanol–water partition coefficient (Wildman–Crippen LogP) is 24.1. The van der Waals surface area contributed by atoms with Crippen LogP contribution in [-0.2, 0) is 28.6 Å². The van der Waals surface area contributed by atoms with Gasteiger partial charge in [0, 0.05) is 19.3 Å². The molecule has 1 atom stereocenters. The molecule has 472 valence electrons. The maximum absolute atomic E-state index is 12.9. The number of rotatable bonds is 62. The van der Waals surface area contributed by atoms with Crippen molar-refractivity contribution in [1.82, 2.24) is 0 Å². The molecular formula is C77H128O6. The summed E-state index contributed by atoms with van der Waals surface area (Å²) in [6.07, 6.45) is 99.1. The van der Waals surface area contributed by atoms with Crippen LogP contribution in [0.15, 0.2) is 134 Å². The van der Waals surface area contributed by atoms with Gasteiger partial charge in [0.15, 0.2) is 6.10 Å². The fraction of sp³-hybridized carbons (Fsp3) is 0.675. The second-order valence-electron chi connectivity index (χ2n) is 22.7. The van der Waals surface area contributed by atoms with Crippen molar-refractivity contribution in [2.45, 2.75) is 322 Å². The topological polar surface area (TPSA) is 78.9 Å². The molecule has 0 fully saturated rings. The van der Waals surface area contributed by atoms with E-state index in [0.717, 1.165) is 141 Å². The van der Waals surface area contributed by atoms with Gasteiger partial charge in [-0.05, 0) is 116 Å². The summed E-state index contributed by atoms with van der Waals surface area (Å²) in [5.74, 6) is -0.914. The standard InChI is InChI=1S/C77H128O6/c1-4-7-10-13-16-19-22-25-27-29-30-31-32-33-34-35-36-37-38-39-40-41-42-43-44-45-46-48-49-52-55-58-61-64-67-70-76(79)82-73-74(72-81-75(78)69-66-63-60-57-54-51-24-21-18-15-12-9-6-3)83-77(80)71-68-65-62-59-56-53-50-47-28-26-23-20-17-14-11-8-5-2/h7,9-10,12,16,18-19,21,25,27,30-31,33-34,36-37,39-40,42-43,51,54,74H,4-6,8,11,13-15,17,20,22-24,26,28-29,32,35,38,41,44-50,52-53,55-73H2,1-3H3/b10-7-,12-9-,19-16-,21-18-,27-25-,31-30-,34-33-,37-36-,40-39-,43-42-,54-51-. The van der Waals surface area contributed by atoms with Crippen molar-refractivity contribution in [1.29, 1.82) is 0 Å². The van der Waals surface area contributed by atoms with Crippen LogP contribution in [0.3, 0.4) is 0 Å². The molecule has 0 saturated heterocycles. The number of ether oxygens (including phenoxy) is 3. The van der Waals surface area contributed by atoms with Crippen molar-refractivity contribution in [2.24, 2.45) is 0 Å². The van der Waals surface area contributed by atoms with E-state index in [1.54, 1.807) is 0 Å². The van der Waals surface area contributed by atoms with Crippen molar-refractivity contribution < 1.29 is 28.6 Å². The van der Waals surface area contributed by atoms with E-state index in [4.69, 9.17) is 14.2 Å². The van der Waals surface area contributed by atoms with Gasteiger partial charge in [-0.1, -0.05) is 315 Å². The van der Waals surface area contributed by atoms with E-state index in [1.807, 2.05) is 0 Å². The molecule has 0 rings (SSSR count). The quantitative estimate of drug-likeness (QED) is 0.0261. The normalized spacial score (nSPS) is 13.0. The summed E-state index contributed by atoms with van der Waals surface area (Å²) in [5, 5.41) is 0. The molecule has 6 heteroatoms. The minimum Gasteiger partial charge on any atom is -0.462 e. The first-order valence-corrected chi connectivity index (χ1v) is 34.7. The molecule has 0 aliphatic heterocycles. The number of carbonyl (C=O) groups is 3. The molecule has 0 heterocycles. The molecule has 0 saturated carbocycles. The summed E-state index contributed by atoms with van der Waals surface area (Å²) in [7, 11) is 0. The molecule has 0 bridgehead atoms. The fourth-order valence-electron chi connectivity index (χ4n) is 9.53. The van der Waals surface area contributed by atoms with E-state index in [2.05, 4.69) is 154 Å². The summed E-state index contributed by atoms with van der Waals surface area (Å²) in [4.78, 5) is 38.3. The van der Waals surface area contributed by atoms with E-state index < -0.39 is 6.10 Å². The summed E-state index contributed by atoms with van der Waals surface area (Å²) >= 11 is 0. The minimum absolute atomic E-state index is 0.0895. The van der Waals surface area contributed by atoms with E-state index in [0.29, 0.717) is 19.3 Å². The smallest absolute Gasteiger partial charge is 0.306 e. The SMILES string of the molecule is CC/C=C\C/C=C\C/C=C\C/C=C\C/C=C\C/C=C\C/C=C\C/C=C\CCCCCCCCCCCCC(=O)OCC(COC(=O)CCCCC/C=C\C/C=C\C/C=C\CC)OC(=O)CCCCCCCCCCCCCCCCCCC. The highest BCUT2D eigenvalue weighted by Crippen LogP contribution is 2.17. The van der Waals surface area contributed by atoms with Crippen LogP contribution in [-0.4, -0.2) is 37.2 Å². The first kappa shape index (κ1) is 78.5. The molecule has 0 aromatic rings. The van der Waals surface area contributed by atoms with Gasteiger partial charge in [-0.3, -0.25) is 14.4 Å². The Morgan fingerprint density at radius 2 is 0.470 bits per heavy atom. The molecule has 0 aromatic heterocycles. The van der Waals surface area contributed by atoms with Crippen molar-refractivity contribution >= 4 is 17.9 Å². The van der Waals surface area contributed by atoms with E-state index in [9.17, 15) is 14.4 Å². The van der Waals surface area contributed by atoms with Gasteiger partial charge < -0.3 is 14.2 Å². The Morgan fingerprint density at radius 3 is 0.747 bits per heavy atom. The lowest BCUT2D eigenvalue weighted by Gasteiger charge is -2.18. The second kappa shape index (κ2) is 70.0. The lowest BCUT2D eigenvalue weighted by Crippen LogP contribution is -2.30. The maximum Gasteiger partial charge on any atom is 0.306 e. The van der Waals surface area contributed by atoms with Crippen LogP contribution >= 0.6 is 0 Å². The zero-order chi connectivity index (χ0) is 59.9. The van der Waals surface area contributed by atoms with Gasteiger partial charge in [0.1, 0.15) is 13.2 Å². The molecule has 6 nitrogen and oxygen atoms in total. The first-order chi connectivity index (χ1) is 41.0. The van der Waals surface area contributed by atoms with Gasteiger partial charge in [0.2, 0.25) is 0 Å². The number of hydrogen-bond donors (Lipinski definition) is 0. The zero-order valence-corrected chi connectivity index (χ0v) is 54.2. The highest BCUT2D eigenvalue weighted by atomic mass is 16.6. The molecule has 83 heavy (non-hydrogen) atoms. The second-order valence-corrected chi connectivity index (χ2v) is 22.7. The number of hydrogen-bond acceptors (Lipinski definition) is 6. The highest BCUT2D eigenvalue weighted by molar-refractivity contribution is 5.71. The largest absolute Gasteiger partial charge is 0.462 e. The average Bonchev–Trinajstić information content (AvgIpc) is 3.49. The van der Waals surface area contributed by atoms with Crippen LogP contribution in [0.1, 0.15) is 316 Å². The Labute approximate surface area is 513 Å². The number of carbonyl (C=O) groups excluding carboxylic acids is 3. The Hall–Kier alpha value is -4.45. The van der Waals surface area contributed by atoms with Gasteiger partial charge in [-0.2, -0.15) is 0 Å². The van der Waals surface area contributed by atoms with Crippen molar-refractivity contribution in [2.75, 3.05) is 13.2 Å². The maximum atomic E-state index is 12.9. The van der Waals surface area contributed by atoms with Crippen molar-refractivity contribution in [3.63, 3.8) is 0 Å². The predicted molar refractivity (Wildman–Crippen MR) is 362 cm³/mol. The van der Waals surface area contributed by atoms with Gasteiger partial charge >= 0.3 is 17.9 Å². The molecule has 0 aliphatic rings. The Bertz CT molecular complexity index is 1750. The van der Waals surface area contributed by atoms with Gasteiger partial charge in [-0.15, -0.1) is 0 Å². The third kappa shape index (κ3) is 68.2. The van der Waals surface area contributed by atoms with Crippen LogP contribution in [0, 0.1) is 0 Å². The molecule has 0 aliphatic carbocycles. The van der Waals surface area contributed by atoms with Gasteiger partial charge in [-0.25, -0.2) is 0 Å². The highest BCUT2D eigenvalue weighted by Gasteiger charge is 2.19. The third-order valence-electron chi connectivity index (χ3n) is 14.7. The van der Waals surface area contributed by atoms with Gasteiger partial charge in [0.05, 0.1) is 0 Å². The average molecular weight is 1150 g/mol. The number of allylic oxidation sites excluding steroid dienone is 22. The molecule has 0 N–H and O–H groups in total. The minimum atomic E-state index is -0.794.